The van der Waals surface area contributed by atoms with Gasteiger partial charge in [-0.3, -0.25) is 10.1 Å². The van der Waals surface area contributed by atoms with Gasteiger partial charge in [0.2, 0.25) is 0 Å². The minimum absolute atomic E-state index is 0.0214. The molecule has 94 valence electrons. The van der Waals surface area contributed by atoms with Gasteiger partial charge >= 0.3 is 0 Å². The zero-order chi connectivity index (χ0) is 12.8. The highest BCUT2D eigenvalue weighted by Gasteiger charge is 2.11. The van der Waals surface area contributed by atoms with Gasteiger partial charge in [0.25, 0.3) is 5.69 Å². The summed E-state index contributed by atoms with van der Waals surface area (Å²) in [5.41, 5.74) is -0.126. The predicted octanol–water partition coefficient (Wildman–Crippen LogP) is 2.48. The fourth-order valence-electron chi connectivity index (χ4n) is 1.24. The Morgan fingerprint density at radius 1 is 1.71 bits per heavy atom. The van der Waals surface area contributed by atoms with Crippen LogP contribution in [-0.4, -0.2) is 29.2 Å². The summed E-state index contributed by atoms with van der Waals surface area (Å²) in [6.45, 7) is 4.99. The molecule has 1 unspecified atom stereocenters. The Balaban J connectivity index is 2.63. The average Bonchev–Trinajstić information content (AvgIpc) is 2.27. The van der Waals surface area contributed by atoms with Crippen molar-refractivity contribution >= 4 is 23.1 Å². The predicted molar refractivity (Wildman–Crippen MR) is 65.5 cm³/mol. The van der Waals surface area contributed by atoms with Gasteiger partial charge < -0.3 is 10.1 Å². The Bertz CT molecular complexity index is 400. The minimum atomic E-state index is -0.536. The first-order chi connectivity index (χ1) is 8.04. The third-order valence-electron chi connectivity index (χ3n) is 2.05. The number of ether oxygens (including phenoxy) is 1. The summed E-state index contributed by atoms with van der Waals surface area (Å²) < 4.78 is 5.32. The molecule has 0 spiro atoms. The number of pyridine rings is 1. The lowest BCUT2D eigenvalue weighted by molar-refractivity contribution is -0.385. The zero-order valence-electron chi connectivity index (χ0n) is 9.64. The fourth-order valence-corrected chi connectivity index (χ4v) is 1.47. The number of nitrogens with one attached hydrogen (secondary N) is 1. The average molecular weight is 260 g/mol. The molecule has 0 radical (unpaired) electrons. The van der Waals surface area contributed by atoms with Gasteiger partial charge in [-0.1, -0.05) is 11.6 Å². The Labute approximate surface area is 104 Å². The molecule has 0 aliphatic heterocycles. The van der Waals surface area contributed by atoms with E-state index in [1.165, 1.54) is 12.3 Å². The number of nitro groups is 1. The smallest absolute Gasteiger partial charge is 0.289 e. The summed E-state index contributed by atoms with van der Waals surface area (Å²) in [4.78, 5) is 13.8. The zero-order valence-corrected chi connectivity index (χ0v) is 10.4. The monoisotopic (exact) mass is 259 g/mol. The van der Waals surface area contributed by atoms with Crippen molar-refractivity contribution in [2.75, 3.05) is 18.5 Å². The molecule has 0 saturated heterocycles. The minimum Gasteiger partial charge on any atom is -0.377 e. The normalized spacial score (nSPS) is 12.2. The molecule has 1 aromatic rings. The maximum absolute atomic E-state index is 10.5. The quantitative estimate of drug-likeness (QED) is 0.627. The lowest BCUT2D eigenvalue weighted by Gasteiger charge is -2.13. The molecule has 1 N–H and O–H groups in total. The van der Waals surface area contributed by atoms with E-state index < -0.39 is 4.92 Å². The van der Waals surface area contributed by atoms with Crippen LogP contribution in [0.5, 0.6) is 0 Å². The van der Waals surface area contributed by atoms with Crippen molar-refractivity contribution in [2.45, 2.75) is 20.0 Å². The maximum atomic E-state index is 10.5. The van der Waals surface area contributed by atoms with Gasteiger partial charge in [0, 0.05) is 19.2 Å². The first-order valence-corrected chi connectivity index (χ1v) is 5.57. The van der Waals surface area contributed by atoms with Crippen molar-refractivity contribution in [1.82, 2.24) is 4.98 Å². The molecule has 0 aliphatic rings. The molecule has 0 saturated carbocycles. The Morgan fingerprint density at radius 3 is 2.94 bits per heavy atom. The Kier molecular flexibility index (Phi) is 5.11. The number of rotatable bonds is 6. The van der Waals surface area contributed by atoms with E-state index in [0.29, 0.717) is 19.0 Å². The fraction of sp³-hybridized carbons (Fsp3) is 0.500. The van der Waals surface area contributed by atoms with Crippen LogP contribution in [0.15, 0.2) is 12.3 Å². The molecule has 1 rings (SSSR count). The summed E-state index contributed by atoms with van der Waals surface area (Å²) in [6.07, 6.45) is 1.19. The molecule has 1 atom stereocenters. The molecule has 1 aromatic heterocycles. The van der Waals surface area contributed by atoms with Gasteiger partial charge in [0.1, 0.15) is 12.0 Å². The highest BCUT2D eigenvalue weighted by Crippen LogP contribution is 2.23. The van der Waals surface area contributed by atoms with Crippen LogP contribution in [0, 0.1) is 10.1 Å². The number of hydrogen-bond acceptors (Lipinski definition) is 5. The second kappa shape index (κ2) is 6.36. The third-order valence-corrected chi connectivity index (χ3v) is 2.33. The van der Waals surface area contributed by atoms with Crippen molar-refractivity contribution < 1.29 is 9.66 Å². The molecule has 7 heteroatoms. The lowest BCUT2D eigenvalue weighted by Crippen LogP contribution is -2.20. The van der Waals surface area contributed by atoms with Gasteiger partial charge in [0.05, 0.1) is 16.0 Å². The van der Waals surface area contributed by atoms with Crippen LogP contribution >= 0.6 is 11.6 Å². The van der Waals surface area contributed by atoms with E-state index in [1.54, 1.807) is 0 Å². The molecular formula is C10H14ClN3O3. The second-order valence-electron chi connectivity index (χ2n) is 3.43. The van der Waals surface area contributed by atoms with Crippen LogP contribution in [0.1, 0.15) is 13.8 Å². The van der Waals surface area contributed by atoms with Crippen molar-refractivity contribution in [3.63, 3.8) is 0 Å². The van der Waals surface area contributed by atoms with E-state index in [4.69, 9.17) is 16.3 Å². The van der Waals surface area contributed by atoms with Crippen molar-refractivity contribution in [1.29, 1.82) is 0 Å². The molecule has 0 amide bonds. The number of hydrogen-bond donors (Lipinski definition) is 1. The molecular weight excluding hydrogens is 246 g/mol. The van der Waals surface area contributed by atoms with Crippen LogP contribution in [-0.2, 0) is 4.74 Å². The molecule has 6 nitrogen and oxygen atoms in total. The Morgan fingerprint density at radius 2 is 2.41 bits per heavy atom. The number of halogens is 1. The molecule has 0 fully saturated rings. The van der Waals surface area contributed by atoms with Crippen molar-refractivity contribution in [3.05, 3.63) is 27.4 Å². The summed E-state index contributed by atoms with van der Waals surface area (Å²) in [7, 11) is 0. The molecule has 1 heterocycles. The van der Waals surface area contributed by atoms with Gasteiger partial charge in [-0.15, -0.1) is 0 Å². The summed E-state index contributed by atoms with van der Waals surface area (Å²) in [5.74, 6) is 0.420. The van der Waals surface area contributed by atoms with Crippen LogP contribution in [0.4, 0.5) is 11.5 Å². The number of anilines is 1. The molecule has 0 aliphatic carbocycles. The highest BCUT2D eigenvalue weighted by molar-refractivity contribution is 6.33. The first-order valence-electron chi connectivity index (χ1n) is 5.20. The molecule has 0 bridgehead atoms. The standard InChI is InChI=1S/C10H14ClN3O3/c1-3-17-7(2)5-12-10-9(11)4-8(6-13-10)14(15)16/h4,6-7H,3,5H2,1-2H3,(H,12,13). The van der Waals surface area contributed by atoms with Gasteiger partial charge in [0.15, 0.2) is 0 Å². The topological polar surface area (TPSA) is 77.3 Å². The van der Waals surface area contributed by atoms with Crippen LogP contribution in [0.25, 0.3) is 0 Å². The van der Waals surface area contributed by atoms with Gasteiger partial charge in [-0.25, -0.2) is 4.98 Å². The SMILES string of the molecule is CCOC(C)CNc1ncc([N+](=O)[O-])cc1Cl. The van der Waals surface area contributed by atoms with E-state index in [9.17, 15) is 10.1 Å². The van der Waals surface area contributed by atoms with Crippen LogP contribution in [0.2, 0.25) is 5.02 Å². The number of aromatic nitrogens is 1. The van der Waals surface area contributed by atoms with Crippen molar-refractivity contribution in [3.8, 4) is 0 Å². The van der Waals surface area contributed by atoms with E-state index in [2.05, 4.69) is 10.3 Å². The summed E-state index contributed by atoms with van der Waals surface area (Å²) >= 11 is 5.86. The van der Waals surface area contributed by atoms with E-state index in [1.807, 2.05) is 13.8 Å². The lowest BCUT2D eigenvalue weighted by atomic mass is 10.3. The van der Waals surface area contributed by atoms with Gasteiger partial charge in [-0.05, 0) is 13.8 Å². The van der Waals surface area contributed by atoms with Crippen molar-refractivity contribution in [2.24, 2.45) is 0 Å². The van der Waals surface area contributed by atoms with E-state index >= 15 is 0 Å². The molecule has 0 aromatic carbocycles. The van der Waals surface area contributed by atoms with Crippen LogP contribution < -0.4 is 5.32 Å². The second-order valence-corrected chi connectivity index (χ2v) is 3.84. The maximum Gasteiger partial charge on any atom is 0.289 e. The van der Waals surface area contributed by atoms with Gasteiger partial charge in [-0.2, -0.15) is 0 Å². The highest BCUT2D eigenvalue weighted by atomic mass is 35.5. The van der Waals surface area contributed by atoms with E-state index in [0.717, 1.165) is 0 Å². The molecule has 17 heavy (non-hydrogen) atoms. The third kappa shape index (κ3) is 4.16. The largest absolute Gasteiger partial charge is 0.377 e. The number of nitrogens with zero attached hydrogens (tertiary/aromatic N) is 2. The van der Waals surface area contributed by atoms with E-state index in [-0.39, 0.29) is 16.8 Å². The summed E-state index contributed by atoms with van der Waals surface area (Å²) in [6, 6.07) is 1.27. The Hall–Kier alpha value is -1.40. The van der Waals surface area contributed by atoms with Crippen LogP contribution in [0.3, 0.4) is 0 Å². The first kappa shape index (κ1) is 13.7. The summed E-state index contributed by atoms with van der Waals surface area (Å²) in [5, 5.41) is 13.7.